The van der Waals surface area contributed by atoms with Gasteiger partial charge in [0.1, 0.15) is 29.4 Å². The lowest BCUT2D eigenvalue weighted by Crippen LogP contribution is -2.57. The molecule has 0 aliphatic carbocycles. The van der Waals surface area contributed by atoms with Crippen LogP contribution < -0.4 is 10.7 Å². The van der Waals surface area contributed by atoms with Crippen LogP contribution in [0.5, 0.6) is 5.75 Å². The van der Waals surface area contributed by atoms with Crippen LogP contribution in [0.1, 0.15) is 63.0 Å². The van der Waals surface area contributed by atoms with E-state index < -0.39 is 64.5 Å². The van der Waals surface area contributed by atoms with Gasteiger partial charge in [-0.15, -0.1) is 0 Å². The molecule has 2 amide bonds. The number of ether oxygens (including phenoxy) is 2. The van der Waals surface area contributed by atoms with Crippen LogP contribution >= 0.6 is 0 Å². The van der Waals surface area contributed by atoms with Gasteiger partial charge in [-0.2, -0.15) is 0 Å². The van der Waals surface area contributed by atoms with Crippen LogP contribution in [-0.4, -0.2) is 59.8 Å². The monoisotopic (exact) mass is 503 g/mol. The van der Waals surface area contributed by atoms with Crippen LogP contribution in [0.15, 0.2) is 16.9 Å². The van der Waals surface area contributed by atoms with E-state index in [0.29, 0.717) is 18.5 Å². The number of aromatic hydroxyl groups is 1. The summed E-state index contributed by atoms with van der Waals surface area (Å²) in [5, 5.41) is 13.3. The number of hydrogen-bond donors (Lipinski definition) is 2. The summed E-state index contributed by atoms with van der Waals surface area (Å²) in [5.41, 5.74) is -2.43. The molecule has 9 nitrogen and oxygen atoms in total. The first kappa shape index (κ1) is 24.4. The second-order valence-electron chi connectivity index (χ2n) is 9.61. The number of halogens is 2. The molecule has 2 aromatic rings. The molecule has 1 fully saturated rings. The van der Waals surface area contributed by atoms with Crippen molar-refractivity contribution in [1.82, 2.24) is 14.8 Å². The summed E-state index contributed by atoms with van der Waals surface area (Å²) >= 11 is 0. The minimum atomic E-state index is -1.05. The van der Waals surface area contributed by atoms with E-state index in [1.807, 2.05) is 0 Å². The summed E-state index contributed by atoms with van der Waals surface area (Å²) in [6.07, 6.45) is 0.492. The van der Waals surface area contributed by atoms with E-state index in [0.717, 1.165) is 25.0 Å². The second kappa shape index (κ2) is 8.67. The topological polar surface area (TPSA) is 110 Å². The normalized spacial score (nSPS) is 24.5. The first-order valence-electron chi connectivity index (χ1n) is 11.8. The van der Waals surface area contributed by atoms with Gasteiger partial charge in [0, 0.05) is 39.4 Å². The first-order valence-corrected chi connectivity index (χ1v) is 11.8. The van der Waals surface area contributed by atoms with E-state index in [9.17, 15) is 28.3 Å². The van der Waals surface area contributed by atoms with Crippen molar-refractivity contribution in [3.05, 3.63) is 62.1 Å². The van der Waals surface area contributed by atoms with E-state index in [-0.39, 0.29) is 23.5 Å². The van der Waals surface area contributed by atoms with Crippen LogP contribution in [0.4, 0.5) is 8.78 Å². The molecule has 0 unspecified atom stereocenters. The quantitative estimate of drug-likeness (QED) is 0.647. The smallest absolute Gasteiger partial charge is 0.274 e. The second-order valence-corrected chi connectivity index (χ2v) is 9.61. The Bertz CT molecular complexity index is 1320. The molecule has 36 heavy (non-hydrogen) atoms. The highest BCUT2D eigenvalue weighted by Gasteiger charge is 2.60. The Kier molecular flexibility index (Phi) is 5.87. The number of amides is 2. The number of methoxy groups -OCH3 is 2. The molecule has 1 aromatic heterocycles. The van der Waals surface area contributed by atoms with Gasteiger partial charge in [0.15, 0.2) is 11.4 Å². The molecule has 192 valence electrons. The number of benzene rings is 1. The number of fused-ring (bicyclic) bond motifs is 1. The van der Waals surface area contributed by atoms with Gasteiger partial charge in [-0.1, -0.05) is 0 Å². The van der Waals surface area contributed by atoms with Gasteiger partial charge in [-0.25, -0.2) is 8.78 Å². The van der Waals surface area contributed by atoms with Gasteiger partial charge >= 0.3 is 0 Å². The Balaban J connectivity index is 1.67. The van der Waals surface area contributed by atoms with Crippen molar-refractivity contribution in [2.75, 3.05) is 27.3 Å². The van der Waals surface area contributed by atoms with Crippen molar-refractivity contribution < 1.29 is 33.0 Å². The summed E-state index contributed by atoms with van der Waals surface area (Å²) in [6, 6.07) is 2.28. The average Bonchev–Trinajstić information content (AvgIpc) is 2.95. The predicted octanol–water partition coefficient (Wildman–Crippen LogP) is 2.12. The highest BCUT2D eigenvalue weighted by Crippen LogP contribution is 2.51. The van der Waals surface area contributed by atoms with Crippen LogP contribution in [-0.2, 0) is 21.6 Å². The van der Waals surface area contributed by atoms with E-state index >= 15 is 0 Å². The van der Waals surface area contributed by atoms with Crippen molar-refractivity contribution in [1.29, 1.82) is 0 Å². The molecule has 3 atom stereocenters. The summed E-state index contributed by atoms with van der Waals surface area (Å²) in [5.74, 6) is -3.97. The zero-order chi connectivity index (χ0) is 25.9. The Morgan fingerprint density at radius 2 is 1.89 bits per heavy atom. The van der Waals surface area contributed by atoms with Crippen molar-refractivity contribution in [3.63, 3.8) is 0 Å². The van der Waals surface area contributed by atoms with Gasteiger partial charge in [-0.05, 0) is 43.9 Å². The number of aromatic nitrogens is 1. The third-order valence-electron chi connectivity index (χ3n) is 7.59. The molecule has 11 heteroatoms. The summed E-state index contributed by atoms with van der Waals surface area (Å²) in [7, 11) is 2.90. The van der Waals surface area contributed by atoms with Gasteiger partial charge in [0.2, 0.25) is 5.43 Å². The van der Waals surface area contributed by atoms with Crippen molar-refractivity contribution in [2.45, 2.75) is 50.5 Å². The highest BCUT2D eigenvalue weighted by molar-refractivity contribution is 6.01. The minimum Gasteiger partial charge on any atom is -0.503 e. The standard InChI is InChI=1S/C25H27F2N3O6/c1-12-8-14(26)13(15(27)9-12)10-28-23(33)16-17-21(35-2)22(36-3)25-6-4-5-7-29(11-25)24(34)18(30(17)25)20(32)19(16)31/h8-9,21-22,32H,4-7,10-11H2,1-3H3,(H,28,33)/t21-,22+,25-/m1/s1. The maximum Gasteiger partial charge on any atom is 0.274 e. The number of nitrogens with zero attached hydrogens (tertiary/aromatic N) is 2. The van der Waals surface area contributed by atoms with Crippen LogP contribution in [0, 0.1) is 18.6 Å². The third kappa shape index (κ3) is 3.29. The maximum atomic E-state index is 14.3. The molecule has 3 aliphatic heterocycles. The third-order valence-corrected chi connectivity index (χ3v) is 7.59. The Hall–Kier alpha value is -3.31. The molecule has 0 radical (unpaired) electrons. The van der Waals surface area contributed by atoms with E-state index in [1.165, 1.54) is 21.1 Å². The zero-order valence-corrected chi connectivity index (χ0v) is 20.2. The molecular formula is C25H27F2N3O6. The van der Waals surface area contributed by atoms with Crippen LogP contribution in [0.25, 0.3) is 0 Å². The lowest BCUT2D eigenvalue weighted by molar-refractivity contribution is -0.0817. The molecular weight excluding hydrogens is 476 g/mol. The zero-order valence-electron chi connectivity index (χ0n) is 20.2. The molecule has 1 spiro atoms. The Labute approximate surface area is 205 Å². The highest BCUT2D eigenvalue weighted by atomic mass is 19.1. The lowest BCUT2D eigenvalue weighted by atomic mass is 9.85. The number of carbonyl (C=O) groups is 2. The molecule has 1 saturated heterocycles. The summed E-state index contributed by atoms with van der Waals surface area (Å²) in [6.45, 7) is 1.75. The van der Waals surface area contributed by atoms with Gasteiger partial charge in [0.25, 0.3) is 11.8 Å². The van der Waals surface area contributed by atoms with Crippen molar-refractivity contribution >= 4 is 11.8 Å². The molecule has 0 saturated carbocycles. The van der Waals surface area contributed by atoms with E-state index in [4.69, 9.17) is 9.47 Å². The number of pyridine rings is 1. The molecule has 2 N–H and O–H groups in total. The minimum absolute atomic E-state index is 0.111. The molecule has 3 aliphatic rings. The molecule has 1 aromatic carbocycles. The summed E-state index contributed by atoms with van der Waals surface area (Å²) < 4.78 is 41.8. The number of aryl methyl sites for hydroxylation is 1. The Morgan fingerprint density at radius 1 is 1.19 bits per heavy atom. The average molecular weight is 504 g/mol. The van der Waals surface area contributed by atoms with Crippen molar-refractivity contribution in [2.24, 2.45) is 0 Å². The predicted molar refractivity (Wildman–Crippen MR) is 123 cm³/mol. The largest absolute Gasteiger partial charge is 0.503 e. The first-order chi connectivity index (χ1) is 17.2. The number of rotatable bonds is 5. The van der Waals surface area contributed by atoms with Gasteiger partial charge in [-0.3, -0.25) is 14.4 Å². The number of hydrogen-bond acceptors (Lipinski definition) is 6. The fourth-order valence-corrected chi connectivity index (χ4v) is 6.08. The van der Waals surface area contributed by atoms with Gasteiger partial charge < -0.3 is 29.4 Å². The van der Waals surface area contributed by atoms with E-state index in [2.05, 4.69) is 5.32 Å². The molecule has 5 rings (SSSR count). The SMILES string of the molecule is CO[C@@H]1c2c(C(=O)NCc3c(F)cc(C)cc3F)c(=O)c(O)c3n2[C@@]2(CCCCN(C2)C3=O)[C@H]1OC. The van der Waals surface area contributed by atoms with Gasteiger partial charge in [0.05, 0.1) is 11.2 Å². The van der Waals surface area contributed by atoms with Crippen LogP contribution in [0.2, 0.25) is 0 Å². The summed E-state index contributed by atoms with van der Waals surface area (Å²) in [4.78, 5) is 41.6. The molecule has 2 bridgehead atoms. The van der Waals surface area contributed by atoms with Crippen LogP contribution in [0.3, 0.4) is 0 Å². The lowest BCUT2D eigenvalue weighted by Gasteiger charge is -2.44. The fraction of sp³-hybridized carbons (Fsp3) is 0.480. The number of nitrogens with one attached hydrogen (secondary N) is 1. The Morgan fingerprint density at radius 3 is 2.53 bits per heavy atom. The number of carbonyl (C=O) groups excluding carboxylic acids is 2. The van der Waals surface area contributed by atoms with E-state index in [1.54, 1.807) is 9.47 Å². The molecule has 4 heterocycles. The fourth-order valence-electron chi connectivity index (χ4n) is 6.08. The maximum absolute atomic E-state index is 14.3. The van der Waals surface area contributed by atoms with Crippen molar-refractivity contribution in [3.8, 4) is 5.75 Å².